The van der Waals surface area contributed by atoms with Crippen LogP contribution >= 0.6 is 0 Å². The minimum absolute atomic E-state index is 0.290. The van der Waals surface area contributed by atoms with Crippen molar-refractivity contribution >= 4 is 12.0 Å². The maximum atomic E-state index is 12.0. The maximum absolute atomic E-state index is 12.0. The Labute approximate surface area is 122 Å². The predicted octanol–water partition coefficient (Wildman–Crippen LogP) is 1.61. The van der Waals surface area contributed by atoms with Crippen molar-refractivity contribution in [3.05, 3.63) is 0 Å². The highest BCUT2D eigenvalue weighted by Gasteiger charge is 2.20. The summed E-state index contributed by atoms with van der Waals surface area (Å²) in [7, 11) is 0. The lowest BCUT2D eigenvalue weighted by Crippen LogP contribution is -2.48. The summed E-state index contributed by atoms with van der Waals surface area (Å²) >= 11 is 0. The maximum Gasteiger partial charge on any atom is 0.326 e. The molecule has 0 rings (SSSR count). The number of carbonyl (C=O) groups is 2. The van der Waals surface area contributed by atoms with Gasteiger partial charge in [0.25, 0.3) is 0 Å². The molecule has 0 aromatic rings. The van der Waals surface area contributed by atoms with Gasteiger partial charge < -0.3 is 20.2 Å². The molecular weight excluding hydrogens is 258 g/mol. The Kier molecular flexibility index (Phi) is 9.80. The molecule has 6 heteroatoms. The van der Waals surface area contributed by atoms with Crippen LogP contribution in [0.5, 0.6) is 0 Å². The minimum Gasteiger partial charge on any atom is -0.480 e. The van der Waals surface area contributed by atoms with E-state index < -0.39 is 12.0 Å². The molecule has 0 spiro atoms. The normalized spacial score (nSPS) is 12.2. The molecule has 0 fully saturated rings. The summed E-state index contributed by atoms with van der Waals surface area (Å²) in [6.45, 7) is 12.1. The summed E-state index contributed by atoms with van der Waals surface area (Å²) in [6.07, 6.45) is 1.28. The topological polar surface area (TPSA) is 72.9 Å². The van der Waals surface area contributed by atoms with E-state index in [2.05, 4.69) is 24.1 Å². The van der Waals surface area contributed by atoms with Crippen LogP contribution in [0.2, 0.25) is 0 Å². The lowest BCUT2D eigenvalue weighted by molar-refractivity contribution is -0.139. The van der Waals surface area contributed by atoms with Crippen molar-refractivity contribution in [2.75, 3.05) is 32.7 Å². The van der Waals surface area contributed by atoms with Gasteiger partial charge in [-0.2, -0.15) is 0 Å². The first-order valence-corrected chi connectivity index (χ1v) is 7.50. The Morgan fingerprint density at radius 3 is 2.05 bits per heavy atom. The van der Waals surface area contributed by atoms with E-state index in [-0.39, 0.29) is 6.03 Å². The van der Waals surface area contributed by atoms with Gasteiger partial charge in [0.05, 0.1) is 0 Å². The molecule has 20 heavy (non-hydrogen) atoms. The Morgan fingerprint density at radius 2 is 1.65 bits per heavy atom. The highest BCUT2D eigenvalue weighted by molar-refractivity contribution is 5.82. The van der Waals surface area contributed by atoms with Crippen LogP contribution in [0.4, 0.5) is 4.79 Å². The Balaban J connectivity index is 4.24. The van der Waals surface area contributed by atoms with Crippen molar-refractivity contribution in [2.45, 2.75) is 46.6 Å². The Hall–Kier alpha value is -1.30. The monoisotopic (exact) mass is 287 g/mol. The van der Waals surface area contributed by atoms with E-state index in [1.165, 1.54) is 0 Å². The van der Waals surface area contributed by atoms with Gasteiger partial charge in [-0.15, -0.1) is 0 Å². The lowest BCUT2D eigenvalue weighted by Gasteiger charge is -2.25. The molecule has 2 amide bonds. The molecule has 1 atom stereocenters. The summed E-state index contributed by atoms with van der Waals surface area (Å²) in [6, 6.07) is -1.10. The summed E-state index contributed by atoms with van der Waals surface area (Å²) in [5, 5.41) is 11.5. The van der Waals surface area contributed by atoms with Crippen LogP contribution in [-0.4, -0.2) is 65.7 Å². The largest absolute Gasteiger partial charge is 0.480 e. The second kappa shape index (κ2) is 10.5. The molecule has 0 saturated carbocycles. The van der Waals surface area contributed by atoms with Crippen molar-refractivity contribution < 1.29 is 14.7 Å². The van der Waals surface area contributed by atoms with E-state index in [9.17, 15) is 9.59 Å². The molecule has 2 N–H and O–H groups in total. The number of hydrogen-bond acceptors (Lipinski definition) is 3. The minimum atomic E-state index is -0.986. The second-order valence-electron chi connectivity index (χ2n) is 4.71. The number of aliphatic carboxylic acids is 1. The van der Waals surface area contributed by atoms with Gasteiger partial charge in [0.2, 0.25) is 0 Å². The van der Waals surface area contributed by atoms with Crippen LogP contribution in [0, 0.1) is 0 Å². The van der Waals surface area contributed by atoms with Crippen LogP contribution in [-0.2, 0) is 4.79 Å². The van der Waals surface area contributed by atoms with E-state index >= 15 is 0 Å². The molecule has 118 valence electrons. The zero-order valence-electron chi connectivity index (χ0n) is 13.2. The summed E-state index contributed by atoms with van der Waals surface area (Å²) in [5.74, 6) is -0.986. The lowest BCUT2D eigenvalue weighted by atomic mass is 10.2. The van der Waals surface area contributed by atoms with Crippen LogP contribution in [0.3, 0.4) is 0 Å². The van der Waals surface area contributed by atoms with Gasteiger partial charge in [-0.05, 0) is 39.4 Å². The molecule has 0 aliphatic carbocycles. The summed E-state index contributed by atoms with van der Waals surface area (Å²) in [4.78, 5) is 26.9. The SMILES string of the molecule is CC[C@H](NC(=O)N(CC)CCCN(CC)CC)C(=O)O. The molecule has 0 aromatic carbocycles. The molecule has 6 nitrogen and oxygen atoms in total. The number of urea groups is 1. The molecular formula is C14H29N3O3. The summed E-state index contributed by atoms with van der Waals surface area (Å²) < 4.78 is 0. The van der Waals surface area contributed by atoms with Crippen molar-refractivity contribution in [3.8, 4) is 0 Å². The van der Waals surface area contributed by atoms with Crippen LogP contribution in [0.25, 0.3) is 0 Å². The highest BCUT2D eigenvalue weighted by Crippen LogP contribution is 1.99. The van der Waals surface area contributed by atoms with Crippen molar-refractivity contribution in [2.24, 2.45) is 0 Å². The average molecular weight is 287 g/mol. The smallest absolute Gasteiger partial charge is 0.326 e. The first-order chi connectivity index (χ1) is 9.49. The third-order valence-corrected chi connectivity index (χ3v) is 3.47. The zero-order chi connectivity index (χ0) is 15.5. The fraction of sp³-hybridized carbons (Fsp3) is 0.857. The fourth-order valence-corrected chi connectivity index (χ4v) is 2.01. The van der Waals surface area contributed by atoms with Crippen molar-refractivity contribution in [1.29, 1.82) is 0 Å². The van der Waals surface area contributed by atoms with Gasteiger partial charge >= 0.3 is 12.0 Å². The summed E-state index contributed by atoms with van der Waals surface area (Å²) in [5.41, 5.74) is 0. The number of carbonyl (C=O) groups excluding carboxylic acids is 1. The number of nitrogens with one attached hydrogen (secondary N) is 1. The Morgan fingerprint density at radius 1 is 1.05 bits per heavy atom. The molecule has 0 aliphatic rings. The first kappa shape index (κ1) is 18.7. The van der Waals surface area contributed by atoms with Gasteiger partial charge in [0.1, 0.15) is 6.04 Å². The average Bonchev–Trinajstić information content (AvgIpc) is 2.44. The van der Waals surface area contributed by atoms with Gasteiger partial charge in [0.15, 0.2) is 0 Å². The molecule has 0 saturated heterocycles. The number of carboxylic acids is 1. The van der Waals surface area contributed by atoms with Crippen LogP contribution < -0.4 is 5.32 Å². The predicted molar refractivity (Wildman–Crippen MR) is 79.9 cm³/mol. The van der Waals surface area contributed by atoms with E-state index in [0.29, 0.717) is 19.5 Å². The highest BCUT2D eigenvalue weighted by atomic mass is 16.4. The van der Waals surface area contributed by atoms with Crippen molar-refractivity contribution in [1.82, 2.24) is 15.1 Å². The third kappa shape index (κ3) is 6.75. The number of rotatable bonds is 10. The van der Waals surface area contributed by atoms with E-state index in [0.717, 1.165) is 26.1 Å². The number of amides is 2. The third-order valence-electron chi connectivity index (χ3n) is 3.47. The first-order valence-electron chi connectivity index (χ1n) is 7.50. The van der Waals surface area contributed by atoms with Gasteiger partial charge in [0, 0.05) is 13.1 Å². The molecule has 0 aromatic heterocycles. The van der Waals surface area contributed by atoms with Crippen LogP contribution in [0.1, 0.15) is 40.5 Å². The molecule has 0 aliphatic heterocycles. The molecule has 0 heterocycles. The van der Waals surface area contributed by atoms with Gasteiger partial charge in [-0.1, -0.05) is 20.8 Å². The van der Waals surface area contributed by atoms with Crippen molar-refractivity contribution in [3.63, 3.8) is 0 Å². The fourth-order valence-electron chi connectivity index (χ4n) is 2.01. The number of hydrogen-bond donors (Lipinski definition) is 2. The molecule has 0 unspecified atom stereocenters. The second-order valence-corrected chi connectivity index (χ2v) is 4.71. The van der Waals surface area contributed by atoms with Gasteiger partial charge in [-0.3, -0.25) is 0 Å². The number of carboxylic acid groups (broad SMARTS) is 1. The van der Waals surface area contributed by atoms with E-state index in [1.807, 2.05) is 6.92 Å². The Bertz CT molecular complexity index is 293. The molecule has 0 radical (unpaired) electrons. The standard InChI is InChI=1S/C14H29N3O3/c1-5-12(13(18)19)15-14(20)17(8-4)11-9-10-16(6-2)7-3/h12H,5-11H2,1-4H3,(H,15,20)(H,18,19)/t12-/m0/s1. The van der Waals surface area contributed by atoms with Gasteiger partial charge in [-0.25, -0.2) is 9.59 Å². The number of nitrogens with zero attached hydrogens (tertiary/aromatic N) is 2. The van der Waals surface area contributed by atoms with E-state index in [4.69, 9.17) is 5.11 Å². The quantitative estimate of drug-likeness (QED) is 0.640. The van der Waals surface area contributed by atoms with E-state index in [1.54, 1.807) is 11.8 Å². The zero-order valence-corrected chi connectivity index (χ0v) is 13.2. The van der Waals surface area contributed by atoms with Crippen LogP contribution in [0.15, 0.2) is 0 Å². The molecule has 0 bridgehead atoms.